The molecule has 2 aromatic rings. The highest BCUT2D eigenvalue weighted by atomic mass is 35.5. The number of alkyl halides is 1. The highest BCUT2D eigenvalue weighted by molar-refractivity contribution is 6.30. The first-order chi connectivity index (χ1) is 21.7. The van der Waals surface area contributed by atoms with E-state index in [9.17, 15) is 19.2 Å². The van der Waals surface area contributed by atoms with Gasteiger partial charge in [-0.2, -0.15) is 0 Å². The third-order valence-electron chi connectivity index (χ3n) is 7.95. The monoisotopic (exact) mass is 664 g/mol. The van der Waals surface area contributed by atoms with Crippen LogP contribution >= 0.6 is 23.2 Å². The van der Waals surface area contributed by atoms with Crippen molar-refractivity contribution in [2.75, 3.05) is 65.6 Å². The zero-order valence-corrected chi connectivity index (χ0v) is 27.2. The van der Waals surface area contributed by atoms with Gasteiger partial charge in [0.05, 0.1) is 32.6 Å². The number of halogens is 2. The van der Waals surface area contributed by atoms with E-state index in [4.69, 9.17) is 32.7 Å². The summed E-state index contributed by atoms with van der Waals surface area (Å²) >= 11 is 12.8. The minimum absolute atomic E-state index is 0.180. The maximum absolute atomic E-state index is 14.0. The highest BCUT2D eigenvalue weighted by Gasteiger charge is 2.43. The molecule has 3 heterocycles. The van der Waals surface area contributed by atoms with E-state index in [0.717, 1.165) is 25.2 Å². The number of carbonyl (C=O) groups excluding carboxylic acids is 4. The highest BCUT2D eigenvalue weighted by Crippen LogP contribution is 2.24. The van der Waals surface area contributed by atoms with E-state index >= 15 is 0 Å². The average molecular weight is 666 g/mol. The molecular formula is C31H42Cl2N6O6. The number of hydrogen-bond acceptors (Lipinski definition) is 8. The van der Waals surface area contributed by atoms with Crippen LogP contribution in [0.2, 0.25) is 5.02 Å². The second-order valence-corrected chi connectivity index (χ2v) is 12.1. The number of aromatic nitrogens is 2. The molecule has 45 heavy (non-hydrogen) atoms. The molecule has 2 unspecified atom stereocenters. The zero-order valence-electron chi connectivity index (χ0n) is 25.7. The summed E-state index contributed by atoms with van der Waals surface area (Å²) in [6.07, 6.45) is 6.39. The number of morpholine rings is 1. The summed E-state index contributed by atoms with van der Waals surface area (Å²) in [7, 11) is 0. The average Bonchev–Trinajstić information content (AvgIpc) is 3.55. The van der Waals surface area contributed by atoms with E-state index in [0.29, 0.717) is 50.6 Å². The second-order valence-electron chi connectivity index (χ2n) is 11.1. The largest absolute Gasteiger partial charge is 0.465 e. The Balaban J connectivity index is 1.49. The summed E-state index contributed by atoms with van der Waals surface area (Å²) in [6.45, 7) is 6.30. The first kappa shape index (κ1) is 34.7. The van der Waals surface area contributed by atoms with Gasteiger partial charge in [-0.25, -0.2) is 4.98 Å². The number of nitrogens with zero attached hydrogens (tertiary/aromatic N) is 6. The van der Waals surface area contributed by atoms with Gasteiger partial charge in [-0.15, -0.1) is 0 Å². The van der Waals surface area contributed by atoms with Gasteiger partial charge in [0.1, 0.15) is 24.6 Å². The summed E-state index contributed by atoms with van der Waals surface area (Å²) in [5.41, 5.74) is 0.0558. The van der Waals surface area contributed by atoms with Crippen LogP contribution in [0.15, 0.2) is 43.0 Å². The number of ether oxygens (including phenoxy) is 2. The summed E-state index contributed by atoms with van der Waals surface area (Å²) < 4.78 is 12.4. The number of imidazole rings is 1. The summed E-state index contributed by atoms with van der Waals surface area (Å²) in [5.74, 6) is -1.61. The van der Waals surface area contributed by atoms with Crippen LogP contribution in [0.1, 0.15) is 31.7 Å². The molecule has 14 heteroatoms. The Morgan fingerprint density at radius 3 is 2.56 bits per heavy atom. The molecule has 0 N–H and O–H groups in total. The molecule has 0 bridgehead atoms. The first-order valence-electron chi connectivity index (χ1n) is 15.4. The van der Waals surface area contributed by atoms with Crippen LogP contribution in [0.25, 0.3) is 0 Å². The minimum atomic E-state index is -1.05. The molecule has 12 nitrogen and oxygen atoms in total. The molecule has 0 radical (unpaired) electrons. The third-order valence-corrected chi connectivity index (χ3v) is 8.59. The SMILES string of the molecule is CCOC(=O)CN(CCCn1ccnc1)C(=O)CC1C(=O)N(C(Cl)Cc2ccc(Cl)cc2)CC(=O)N1CCCN1CCOCC1. The molecule has 2 saturated heterocycles. The lowest BCUT2D eigenvalue weighted by atomic mass is 10.0. The number of rotatable bonds is 16. The van der Waals surface area contributed by atoms with E-state index in [-0.39, 0.29) is 38.6 Å². The van der Waals surface area contributed by atoms with Crippen LogP contribution in [-0.2, 0) is 41.6 Å². The molecule has 2 atom stereocenters. The van der Waals surface area contributed by atoms with Gasteiger partial charge in [-0.1, -0.05) is 35.3 Å². The zero-order chi connectivity index (χ0) is 32.2. The van der Waals surface area contributed by atoms with Crippen molar-refractivity contribution in [2.45, 2.75) is 50.7 Å². The Kier molecular flexibility index (Phi) is 13.5. The minimum Gasteiger partial charge on any atom is -0.465 e. The van der Waals surface area contributed by atoms with Gasteiger partial charge >= 0.3 is 5.97 Å². The molecule has 246 valence electrons. The molecule has 2 aliphatic heterocycles. The molecule has 3 amide bonds. The molecular weight excluding hydrogens is 623 g/mol. The van der Waals surface area contributed by atoms with Gasteiger partial charge in [-0.05, 0) is 37.5 Å². The fourth-order valence-electron chi connectivity index (χ4n) is 5.55. The molecule has 1 aromatic carbocycles. The van der Waals surface area contributed by atoms with Crippen LogP contribution in [-0.4, -0.2) is 130 Å². The van der Waals surface area contributed by atoms with Gasteiger partial charge in [0.2, 0.25) is 17.7 Å². The van der Waals surface area contributed by atoms with Crippen LogP contribution in [0, 0.1) is 0 Å². The van der Waals surface area contributed by atoms with Crippen molar-refractivity contribution in [2.24, 2.45) is 0 Å². The third kappa shape index (κ3) is 10.4. The molecule has 2 fully saturated rings. The van der Waals surface area contributed by atoms with Crippen LogP contribution in [0.5, 0.6) is 0 Å². The van der Waals surface area contributed by atoms with Crippen LogP contribution in [0.3, 0.4) is 0 Å². The van der Waals surface area contributed by atoms with E-state index in [2.05, 4.69) is 9.88 Å². The number of carbonyl (C=O) groups is 4. The summed E-state index contributed by atoms with van der Waals surface area (Å²) in [5, 5.41) is 0.581. The Morgan fingerprint density at radius 2 is 1.87 bits per heavy atom. The van der Waals surface area contributed by atoms with Crippen LogP contribution < -0.4 is 0 Å². The van der Waals surface area contributed by atoms with E-state index in [1.165, 1.54) is 14.7 Å². The summed E-state index contributed by atoms with van der Waals surface area (Å²) in [4.78, 5) is 64.4. The lowest BCUT2D eigenvalue weighted by Gasteiger charge is -2.42. The standard InChI is InChI=1S/C31H42Cl2N6O6/c1-2-45-30(42)22-37(12-3-11-36-14-9-34-23-36)28(40)20-26-31(43)39(27(33)19-24-5-7-25(32)8-6-24)21-29(41)38(26)13-4-10-35-15-17-44-18-16-35/h5-9,14,23,26-27H,2-4,10-13,15-22H2,1H3. The first-order valence-corrected chi connectivity index (χ1v) is 16.2. The molecule has 1 aromatic heterocycles. The number of benzene rings is 1. The van der Waals surface area contributed by atoms with Crippen molar-refractivity contribution in [1.82, 2.24) is 29.2 Å². The van der Waals surface area contributed by atoms with Crippen molar-refractivity contribution in [3.63, 3.8) is 0 Å². The van der Waals surface area contributed by atoms with Crippen molar-refractivity contribution in [3.8, 4) is 0 Å². The second kappa shape index (κ2) is 17.5. The van der Waals surface area contributed by atoms with Crippen LogP contribution in [0.4, 0.5) is 0 Å². The fourth-order valence-corrected chi connectivity index (χ4v) is 6.02. The summed E-state index contributed by atoms with van der Waals surface area (Å²) in [6, 6.07) is 6.08. The van der Waals surface area contributed by atoms with E-state index < -0.39 is 29.3 Å². The van der Waals surface area contributed by atoms with Crippen molar-refractivity contribution < 1.29 is 28.7 Å². The molecule has 2 aliphatic rings. The Morgan fingerprint density at radius 1 is 1.11 bits per heavy atom. The van der Waals surface area contributed by atoms with Crippen molar-refractivity contribution in [1.29, 1.82) is 0 Å². The number of hydrogen-bond donors (Lipinski definition) is 0. The predicted octanol–water partition coefficient (Wildman–Crippen LogP) is 2.28. The van der Waals surface area contributed by atoms with Gasteiger partial charge in [-0.3, -0.25) is 24.1 Å². The van der Waals surface area contributed by atoms with Gasteiger partial charge in [0, 0.05) is 63.1 Å². The van der Waals surface area contributed by atoms with E-state index in [1.807, 2.05) is 22.9 Å². The maximum atomic E-state index is 14.0. The number of esters is 1. The normalized spacial score (nSPS) is 18.2. The molecule has 4 rings (SSSR count). The molecule has 0 spiro atoms. The lowest BCUT2D eigenvalue weighted by molar-refractivity contribution is -0.159. The predicted molar refractivity (Wildman–Crippen MR) is 169 cm³/mol. The quantitative estimate of drug-likeness (QED) is 0.152. The van der Waals surface area contributed by atoms with Gasteiger partial charge < -0.3 is 28.7 Å². The lowest BCUT2D eigenvalue weighted by Crippen LogP contribution is -2.63. The van der Waals surface area contributed by atoms with E-state index in [1.54, 1.807) is 31.6 Å². The topological polar surface area (TPSA) is 118 Å². The van der Waals surface area contributed by atoms with Crippen molar-refractivity contribution in [3.05, 3.63) is 53.6 Å². The molecule has 0 aliphatic carbocycles. The van der Waals surface area contributed by atoms with Gasteiger partial charge in [0.25, 0.3) is 0 Å². The maximum Gasteiger partial charge on any atom is 0.325 e. The fraction of sp³-hybridized carbons (Fsp3) is 0.581. The Labute approximate surface area is 274 Å². The molecule has 0 saturated carbocycles. The van der Waals surface area contributed by atoms with Crippen molar-refractivity contribution >= 4 is 46.9 Å². The number of amides is 3. The number of piperazine rings is 1. The Bertz CT molecular complexity index is 1260. The number of aryl methyl sites for hydroxylation is 1. The van der Waals surface area contributed by atoms with Gasteiger partial charge in [0.15, 0.2) is 0 Å². The smallest absolute Gasteiger partial charge is 0.325 e. The Hall–Kier alpha value is -3.19.